The number of likely N-dealkylation sites (N-methyl/N-ethyl adjacent to an activating group) is 1. The maximum Gasteiger partial charge on any atom is 0.323 e. The Balaban J connectivity index is 1.97. The number of hydrogen-bond acceptors (Lipinski definition) is 4. The van der Waals surface area contributed by atoms with E-state index < -0.39 is 0 Å². The van der Waals surface area contributed by atoms with Crippen LogP contribution in [0, 0.1) is 0 Å². The molecule has 0 spiro atoms. The summed E-state index contributed by atoms with van der Waals surface area (Å²) < 4.78 is 5.08. The highest BCUT2D eigenvalue weighted by Crippen LogP contribution is 2.19. The molecule has 114 valence electrons. The predicted molar refractivity (Wildman–Crippen MR) is 81.1 cm³/mol. The van der Waals surface area contributed by atoms with Crippen molar-refractivity contribution in [2.45, 2.75) is 25.8 Å². The highest BCUT2D eigenvalue weighted by Gasteiger charge is 2.33. The number of benzene rings is 1. The molecule has 0 N–H and O–H groups in total. The van der Waals surface area contributed by atoms with Gasteiger partial charge in [0.1, 0.15) is 6.04 Å². The van der Waals surface area contributed by atoms with Gasteiger partial charge in [0.15, 0.2) is 0 Å². The van der Waals surface area contributed by atoms with Crippen LogP contribution in [0.25, 0.3) is 0 Å². The summed E-state index contributed by atoms with van der Waals surface area (Å²) >= 11 is 0. The minimum absolute atomic E-state index is 0.0163. The third-order valence-electron chi connectivity index (χ3n) is 3.78. The van der Waals surface area contributed by atoms with Gasteiger partial charge in [-0.15, -0.1) is 0 Å². The summed E-state index contributed by atoms with van der Waals surface area (Å²) in [6, 6.07) is 9.22. The SMILES string of the molecule is CCOC(=O)C1CCCN1CC(=O)N(C)c1ccccc1. The van der Waals surface area contributed by atoms with Crippen molar-refractivity contribution in [2.75, 3.05) is 31.6 Å². The van der Waals surface area contributed by atoms with Crippen molar-refractivity contribution in [3.63, 3.8) is 0 Å². The van der Waals surface area contributed by atoms with Crippen molar-refractivity contribution in [1.29, 1.82) is 0 Å². The summed E-state index contributed by atoms with van der Waals surface area (Å²) in [5.74, 6) is -0.234. The fourth-order valence-corrected chi connectivity index (χ4v) is 2.60. The zero-order valence-corrected chi connectivity index (χ0v) is 12.6. The molecule has 1 aromatic carbocycles. The van der Waals surface area contributed by atoms with Crippen LogP contribution in [0.5, 0.6) is 0 Å². The normalized spacial score (nSPS) is 18.5. The number of carbonyl (C=O) groups is 2. The molecule has 0 bridgehead atoms. The van der Waals surface area contributed by atoms with Gasteiger partial charge in [0.05, 0.1) is 13.2 Å². The van der Waals surface area contributed by atoms with E-state index in [9.17, 15) is 9.59 Å². The molecule has 5 heteroatoms. The van der Waals surface area contributed by atoms with Crippen LogP contribution in [0.2, 0.25) is 0 Å². The minimum Gasteiger partial charge on any atom is -0.465 e. The van der Waals surface area contributed by atoms with Crippen LogP contribution in [-0.4, -0.2) is 49.6 Å². The molecule has 1 aromatic rings. The number of likely N-dealkylation sites (tertiary alicyclic amines) is 1. The number of rotatable bonds is 5. The molecule has 1 fully saturated rings. The second-order valence-electron chi connectivity index (χ2n) is 5.17. The molecular formula is C16H22N2O3. The molecule has 1 amide bonds. The van der Waals surface area contributed by atoms with E-state index in [-0.39, 0.29) is 24.5 Å². The number of carbonyl (C=O) groups excluding carboxylic acids is 2. The van der Waals surface area contributed by atoms with Crippen molar-refractivity contribution in [3.8, 4) is 0 Å². The highest BCUT2D eigenvalue weighted by atomic mass is 16.5. The van der Waals surface area contributed by atoms with Gasteiger partial charge >= 0.3 is 5.97 Å². The predicted octanol–water partition coefficient (Wildman–Crippen LogP) is 1.68. The lowest BCUT2D eigenvalue weighted by Crippen LogP contribution is -2.44. The Hall–Kier alpha value is -1.88. The van der Waals surface area contributed by atoms with E-state index in [4.69, 9.17) is 4.74 Å². The van der Waals surface area contributed by atoms with Crippen LogP contribution in [0.15, 0.2) is 30.3 Å². The first-order valence-electron chi connectivity index (χ1n) is 7.35. The van der Waals surface area contributed by atoms with Crippen LogP contribution >= 0.6 is 0 Å². The molecule has 0 radical (unpaired) electrons. The lowest BCUT2D eigenvalue weighted by atomic mass is 10.2. The van der Waals surface area contributed by atoms with Gasteiger partial charge in [-0.25, -0.2) is 0 Å². The van der Waals surface area contributed by atoms with Gasteiger partial charge in [-0.05, 0) is 38.4 Å². The van der Waals surface area contributed by atoms with Crippen molar-refractivity contribution in [2.24, 2.45) is 0 Å². The maximum absolute atomic E-state index is 12.4. The summed E-state index contributed by atoms with van der Waals surface area (Å²) in [4.78, 5) is 27.8. The lowest BCUT2D eigenvalue weighted by molar-refractivity contribution is -0.148. The van der Waals surface area contributed by atoms with Gasteiger partial charge in [-0.1, -0.05) is 18.2 Å². The molecule has 5 nitrogen and oxygen atoms in total. The monoisotopic (exact) mass is 290 g/mol. The minimum atomic E-state index is -0.280. The topological polar surface area (TPSA) is 49.9 Å². The van der Waals surface area contributed by atoms with Crippen LogP contribution in [0.4, 0.5) is 5.69 Å². The molecule has 2 rings (SSSR count). The highest BCUT2D eigenvalue weighted by molar-refractivity contribution is 5.94. The zero-order chi connectivity index (χ0) is 15.2. The van der Waals surface area contributed by atoms with E-state index in [2.05, 4.69) is 0 Å². The van der Waals surface area contributed by atoms with Crippen LogP contribution in [0.3, 0.4) is 0 Å². The fraction of sp³-hybridized carbons (Fsp3) is 0.500. The molecule has 21 heavy (non-hydrogen) atoms. The number of ether oxygens (including phenoxy) is 1. The first-order valence-corrected chi connectivity index (χ1v) is 7.35. The number of esters is 1. The number of nitrogens with zero attached hydrogens (tertiary/aromatic N) is 2. The van der Waals surface area contributed by atoms with Gasteiger partial charge in [-0.2, -0.15) is 0 Å². The van der Waals surface area contributed by atoms with Gasteiger partial charge in [-0.3, -0.25) is 14.5 Å². The average Bonchev–Trinajstić information content (AvgIpc) is 2.95. The van der Waals surface area contributed by atoms with Gasteiger partial charge in [0.25, 0.3) is 0 Å². The Morgan fingerprint density at radius 2 is 2.05 bits per heavy atom. The van der Waals surface area contributed by atoms with Crippen molar-refractivity contribution in [1.82, 2.24) is 4.90 Å². The van der Waals surface area contributed by atoms with Crippen LogP contribution in [-0.2, 0) is 14.3 Å². The Kier molecular flexibility index (Phi) is 5.33. The first kappa shape index (κ1) is 15.5. The van der Waals surface area contributed by atoms with Crippen molar-refractivity contribution in [3.05, 3.63) is 30.3 Å². The molecule has 1 atom stereocenters. The van der Waals surface area contributed by atoms with Crippen molar-refractivity contribution >= 4 is 17.6 Å². The van der Waals surface area contributed by atoms with E-state index in [0.29, 0.717) is 6.61 Å². The summed E-state index contributed by atoms with van der Waals surface area (Å²) in [5, 5.41) is 0. The largest absolute Gasteiger partial charge is 0.465 e. The maximum atomic E-state index is 12.4. The van der Waals surface area contributed by atoms with E-state index >= 15 is 0 Å². The summed E-state index contributed by atoms with van der Waals surface area (Å²) in [6.45, 7) is 3.18. The Morgan fingerprint density at radius 1 is 1.33 bits per heavy atom. The lowest BCUT2D eigenvalue weighted by Gasteiger charge is -2.25. The van der Waals surface area contributed by atoms with E-state index in [1.807, 2.05) is 35.2 Å². The third-order valence-corrected chi connectivity index (χ3v) is 3.78. The summed E-state index contributed by atoms with van der Waals surface area (Å²) in [7, 11) is 1.76. The number of para-hydroxylation sites is 1. The number of amides is 1. The second kappa shape index (κ2) is 7.22. The smallest absolute Gasteiger partial charge is 0.323 e. The van der Waals surface area contributed by atoms with Gasteiger partial charge < -0.3 is 9.64 Å². The van der Waals surface area contributed by atoms with Gasteiger partial charge in [0.2, 0.25) is 5.91 Å². The second-order valence-corrected chi connectivity index (χ2v) is 5.17. The van der Waals surface area contributed by atoms with E-state index in [0.717, 1.165) is 25.1 Å². The first-order chi connectivity index (χ1) is 10.1. The Morgan fingerprint density at radius 3 is 2.71 bits per heavy atom. The molecule has 1 aliphatic heterocycles. The molecule has 1 saturated heterocycles. The molecular weight excluding hydrogens is 268 g/mol. The number of anilines is 1. The Bertz CT molecular complexity index is 490. The van der Waals surface area contributed by atoms with E-state index in [1.54, 1.807) is 18.9 Å². The summed E-state index contributed by atoms with van der Waals surface area (Å²) in [6.07, 6.45) is 1.69. The molecule has 1 aliphatic rings. The molecule has 0 saturated carbocycles. The van der Waals surface area contributed by atoms with Crippen molar-refractivity contribution < 1.29 is 14.3 Å². The average molecular weight is 290 g/mol. The molecule has 0 aromatic heterocycles. The molecule has 1 unspecified atom stereocenters. The standard InChI is InChI=1S/C16H22N2O3/c1-3-21-16(20)14-10-7-11-18(14)12-15(19)17(2)13-8-5-4-6-9-13/h4-6,8-9,14H,3,7,10-12H2,1-2H3. The van der Waals surface area contributed by atoms with E-state index in [1.165, 1.54) is 0 Å². The Labute approximate surface area is 125 Å². The van der Waals surface area contributed by atoms with Crippen LogP contribution < -0.4 is 4.90 Å². The summed E-state index contributed by atoms with van der Waals surface area (Å²) in [5.41, 5.74) is 0.856. The van der Waals surface area contributed by atoms with Crippen LogP contribution in [0.1, 0.15) is 19.8 Å². The third kappa shape index (κ3) is 3.82. The zero-order valence-electron chi connectivity index (χ0n) is 12.6. The number of hydrogen-bond donors (Lipinski definition) is 0. The quantitative estimate of drug-likeness (QED) is 0.774. The molecule has 0 aliphatic carbocycles. The van der Waals surface area contributed by atoms with Gasteiger partial charge in [0, 0.05) is 12.7 Å². The fourth-order valence-electron chi connectivity index (χ4n) is 2.60. The molecule has 1 heterocycles.